The molecule has 0 spiro atoms. The van der Waals surface area contributed by atoms with Gasteiger partial charge < -0.3 is 0 Å². The molecule has 0 saturated heterocycles. The molecule has 2 aromatic rings. The van der Waals surface area contributed by atoms with Gasteiger partial charge in [-0.15, -0.1) is 10.2 Å². The first-order valence-electron chi connectivity index (χ1n) is 3.80. The number of halogens is 4. The van der Waals surface area contributed by atoms with E-state index in [-0.39, 0.29) is 15.4 Å². The van der Waals surface area contributed by atoms with Crippen LogP contribution in [0, 0.1) is 11.6 Å². The van der Waals surface area contributed by atoms with Gasteiger partial charge in [0.25, 0.3) is 0 Å². The molecule has 7 heteroatoms. The van der Waals surface area contributed by atoms with Crippen molar-refractivity contribution in [3.63, 3.8) is 0 Å². The van der Waals surface area contributed by atoms with Crippen molar-refractivity contribution in [1.82, 2.24) is 14.8 Å². The van der Waals surface area contributed by atoms with Crippen molar-refractivity contribution in [3.8, 4) is 5.69 Å². The maximum Gasteiger partial charge on any atom is 0.229 e. The van der Waals surface area contributed by atoms with Crippen LogP contribution in [0.1, 0.15) is 0 Å². The molecule has 0 unspecified atom stereocenters. The number of aromatic nitrogens is 3. The quantitative estimate of drug-likeness (QED) is 0.809. The average molecular weight is 294 g/mol. The molecule has 0 atom stereocenters. The molecule has 15 heavy (non-hydrogen) atoms. The summed E-state index contributed by atoms with van der Waals surface area (Å²) >= 11 is 8.70. The number of nitrogens with zero attached hydrogens (tertiary/aromatic N) is 3. The topological polar surface area (TPSA) is 30.7 Å². The molecule has 1 heterocycles. The van der Waals surface area contributed by atoms with Gasteiger partial charge in [-0.05, 0) is 33.6 Å². The Morgan fingerprint density at radius 1 is 1.33 bits per heavy atom. The van der Waals surface area contributed by atoms with E-state index < -0.39 is 11.6 Å². The molecule has 0 fully saturated rings. The highest BCUT2D eigenvalue weighted by molar-refractivity contribution is 9.10. The van der Waals surface area contributed by atoms with E-state index in [0.717, 1.165) is 12.1 Å². The smallest absolute Gasteiger partial charge is 0.229 e. The summed E-state index contributed by atoms with van der Waals surface area (Å²) in [7, 11) is 0. The molecule has 0 aliphatic rings. The monoisotopic (exact) mass is 293 g/mol. The summed E-state index contributed by atoms with van der Waals surface area (Å²) < 4.78 is 27.7. The van der Waals surface area contributed by atoms with Crippen molar-refractivity contribution in [2.45, 2.75) is 0 Å². The fraction of sp³-hybridized carbons (Fsp3) is 0. The van der Waals surface area contributed by atoms with Crippen LogP contribution in [0.25, 0.3) is 5.69 Å². The second kappa shape index (κ2) is 3.86. The molecule has 3 nitrogen and oxygen atoms in total. The lowest BCUT2D eigenvalue weighted by Crippen LogP contribution is -1.99. The first-order valence-corrected chi connectivity index (χ1v) is 4.97. The summed E-state index contributed by atoms with van der Waals surface area (Å²) in [5.41, 5.74) is 0.0754. The summed E-state index contributed by atoms with van der Waals surface area (Å²) in [5, 5.41) is 7.00. The maximum atomic E-state index is 13.4. The molecule has 0 saturated carbocycles. The molecule has 0 amide bonds. The zero-order chi connectivity index (χ0) is 11.0. The first kappa shape index (κ1) is 10.5. The van der Waals surface area contributed by atoms with Gasteiger partial charge >= 0.3 is 0 Å². The Morgan fingerprint density at radius 3 is 2.60 bits per heavy atom. The minimum absolute atomic E-state index is 0.00112. The molecule has 78 valence electrons. The van der Waals surface area contributed by atoms with Crippen LogP contribution in [0.3, 0.4) is 0 Å². The highest BCUT2D eigenvalue weighted by atomic mass is 79.9. The van der Waals surface area contributed by atoms with Crippen molar-refractivity contribution in [3.05, 3.63) is 39.9 Å². The fourth-order valence-electron chi connectivity index (χ4n) is 1.14. The zero-order valence-electron chi connectivity index (χ0n) is 7.09. The van der Waals surface area contributed by atoms with E-state index in [1.165, 1.54) is 10.9 Å². The van der Waals surface area contributed by atoms with Crippen molar-refractivity contribution >= 4 is 27.5 Å². The molecule has 2 rings (SSSR count). The second-order valence-corrected chi connectivity index (χ2v) is 3.88. The SMILES string of the molecule is Fc1cc(F)c(-n2cnnc2Cl)c(Br)c1. The lowest BCUT2D eigenvalue weighted by molar-refractivity contribution is 0.576. The van der Waals surface area contributed by atoms with E-state index in [4.69, 9.17) is 11.6 Å². The standard InChI is InChI=1S/C8H3BrClF2N3/c9-5-1-4(11)2-6(12)7(5)15-3-13-14-8(15)10/h1-3H. The van der Waals surface area contributed by atoms with Gasteiger partial charge in [0.2, 0.25) is 5.28 Å². The molecule has 0 aliphatic heterocycles. The number of benzene rings is 1. The Bertz CT molecular complexity index is 491. The Morgan fingerprint density at radius 2 is 2.07 bits per heavy atom. The molecule has 0 bridgehead atoms. The minimum Gasteiger partial charge on any atom is -0.268 e. The summed E-state index contributed by atoms with van der Waals surface area (Å²) in [5.74, 6) is -1.42. The van der Waals surface area contributed by atoms with Crippen LogP contribution in [0.15, 0.2) is 22.9 Å². The first-order chi connectivity index (χ1) is 7.09. The normalized spacial score (nSPS) is 10.7. The second-order valence-electron chi connectivity index (χ2n) is 2.69. The van der Waals surface area contributed by atoms with Crippen molar-refractivity contribution in [2.24, 2.45) is 0 Å². The van der Waals surface area contributed by atoms with Crippen LogP contribution in [0.5, 0.6) is 0 Å². The van der Waals surface area contributed by atoms with E-state index in [0.29, 0.717) is 0 Å². The third-order valence-corrected chi connectivity index (χ3v) is 2.59. The molecule has 1 aromatic carbocycles. The van der Waals surface area contributed by atoms with Gasteiger partial charge in [-0.3, -0.25) is 4.57 Å². The Balaban J connectivity index is 2.68. The zero-order valence-corrected chi connectivity index (χ0v) is 9.43. The van der Waals surface area contributed by atoms with Gasteiger partial charge in [-0.1, -0.05) is 0 Å². The number of hydrogen-bond acceptors (Lipinski definition) is 2. The highest BCUT2D eigenvalue weighted by Gasteiger charge is 2.14. The van der Waals surface area contributed by atoms with Crippen molar-refractivity contribution in [2.75, 3.05) is 0 Å². The maximum absolute atomic E-state index is 13.4. The van der Waals surface area contributed by atoms with Gasteiger partial charge in [-0.2, -0.15) is 0 Å². The van der Waals surface area contributed by atoms with Crippen LogP contribution in [0.2, 0.25) is 5.28 Å². The van der Waals surface area contributed by atoms with Gasteiger partial charge in [0.05, 0.1) is 5.69 Å². The van der Waals surface area contributed by atoms with Crippen LogP contribution in [-0.4, -0.2) is 14.8 Å². The molecular formula is C8H3BrClF2N3. The van der Waals surface area contributed by atoms with Gasteiger partial charge in [0, 0.05) is 10.5 Å². The van der Waals surface area contributed by atoms with Crippen LogP contribution in [0.4, 0.5) is 8.78 Å². The van der Waals surface area contributed by atoms with Gasteiger partial charge in [-0.25, -0.2) is 8.78 Å². The van der Waals surface area contributed by atoms with Gasteiger partial charge in [0.15, 0.2) is 5.82 Å². The predicted molar refractivity (Wildman–Crippen MR) is 54.0 cm³/mol. The van der Waals surface area contributed by atoms with E-state index in [1.807, 2.05) is 0 Å². The predicted octanol–water partition coefficient (Wildman–Crippen LogP) is 2.96. The lowest BCUT2D eigenvalue weighted by atomic mass is 10.3. The van der Waals surface area contributed by atoms with Crippen molar-refractivity contribution in [1.29, 1.82) is 0 Å². The summed E-state index contributed by atoms with van der Waals surface area (Å²) in [6.07, 6.45) is 1.24. The van der Waals surface area contributed by atoms with Gasteiger partial charge in [0.1, 0.15) is 12.1 Å². The molecular weight excluding hydrogens is 291 g/mol. The molecule has 0 N–H and O–H groups in total. The van der Waals surface area contributed by atoms with Crippen LogP contribution < -0.4 is 0 Å². The fourth-order valence-corrected chi connectivity index (χ4v) is 1.91. The van der Waals surface area contributed by atoms with Crippen LogP contribution in [-0.2, 0) is 0 Å². The molecule has 0 radical (unpaired) electrons. The highest BCUT2D eigenvalue weighted by Crippen LogP contribution is 2.27. The lowest BCUT2D eigenvalue weighted by Gasteiger charge is -2.06. The summed E-state index contributed by atoms with van der Waals surface area (Å²) in [4.78, 5) is 0. The Labute approximate surface area is 96.8 Å². The third kappa shape index (κ3) is 1.87. The van der Waals surface area contributed by atoms with E-state index in [1.54, 1.807) is 0 Å². The molecule has 1 aromatic heterocycles. The minimum atomic E-state index is -0.747. The molecule has 0 aliphatic carbocycles. The Hall–Kier alpha value is -1.01. The Kier molecular flexibility index (Phi) is 2.70. The number of hydrogen-bond donors (Lipinski definition) is 0. The largest absolute Gasteiger partial charge is 0.268 e. The van der Waals surface area contributed by atoms with Crippen LogP contribution >= 0.6 is 27.5 Å². The number of rotatable bonds is 1. The summed E-state index contributed by atoms with van der Waals surface area (Å²) in [6, 6.07) is 1.89. The summed E-state index contributed by atoms with van der Waals surface area (Å²) in [6.45, 7) is 0. The van der Waals surface area contributed by atoms with E-state index in [2.05, 4.69) is 26.1 Å². The average Bonchev–Trinajstić information content (AvgIpc) is 2.50. The van der Waals surface area contributed by atoms with E-state index >= 15 is 0 Å². The van der Waals surface area contributed by atoms with E-state index in [9.17, 15) is 8.78 Å². The van der Waals surface area contributed by atoms with Crippen molar-refractivity contribution < 1.29 is 8.78 Å². The third-order valence-electron chi connectivity index (χ3n) is 1.73.